The molecule has 0 radical (unpaired) electrons. The Bertz CT molecular complexity index is 859. The number of carbonyl (C=O) groups excluding carboxylic acids is 1. The van der Waals surface area contributed by atoms with E-state index < -0.39 is 11.5 Å². The Hall–Kier alpha value is -1.83. The van der Waals surface area contributed by atoms with E-state index in [2.05, 4.69) is 26.3 Å². The van der Waals surface area contributed by atoms with Crippen LogP contribution in [0.3, 0.4) is 0 Å². The summed E-state index contributed by atoms with van der Waals surface area (Å²) < 4.78 is 3.47. The zero-order chi connectivity index (χ0) is 17.6. The molecule has 24 heavy (non-hydrogen) atoms. The number of nitrogens with one attached hydrogen (secondary N) is 2. The van der Waals surface area contributed by atoms with Gasteiger partial charge in [-0.15, -0.1) is 0 Å². The highest BCUT2D eigenvalue weighted by Gasteiger charge is 2.33. The Morgan fingerprint density at radius 2 is 2.17 bits per heavy atom. The summed E-state index contributed by atoms with van der Waals surface area (Å²) in [5.74, 6) is -0.816. The monoisotopic (exact) mass is 397 g/mol. The Kier molecular flexibility index (Phi) is 4.19. The molecule has 1 aliphatic carbocycles. The maximum absolute atomic E-state index is 12.7. The number of carbonyl (C=O) groups is 1. The lowest BCUT2D eigenvalue weighted by molar-refractivity contribution is -0.692. The second-order valence-corrected chi connectivity index (χ2v) is 8.40. The van der Waals surface area contributed by atoms with Gasteiger partial charge < -0.3 is 10.4 Å². The van der Waals surface area contributed by atoms with E-state index in [1.165, 1.54) is 4.52 Å². The highest BCUT2D eigenvalue weighted by atomic mass is 79.9. The highest BCUT2D eigenvalue weighted by molar-refractivity contribution is 9.10. The Balaban J connectivity index is 2.17. The van der Waals surface area contributed by atoms with Crippen LogP contribution in [0.15, 0.2) is 15.5 Å². The van der Waals surface area contributed by atoms with Gasteiger partial charge in [0.15, 0.2) is 0 Å². The van der Waals surface area contributed by atoms with Crippen molar-refractivity contribution in [2.75, 3.05) is 0 Å². The van der Waals surface area contributed by atoms with Gasteiger partial charge in [0.05, 0.1) is 12.6 Å². The van der Waals surface area contributed by atoms with Crippen LogP contribution in [0.5, 0.6) is 5.88 Å². The Morgan fingerprint density at radius 1 is 1.50 bits per heavy atom. The molecule has 0 atom stereocenters. The standard InChI is InChI=1S/C16H21BrN4O3/c1-16(2,3)8-20-11-7-10(17)19-21(11)15(24)12(14(20)23)13(22)18-9-5-4-6-9/h7,9H,4-6,8H2,1-3H3,(H2,18,22,23,24)/p+1. The van der Waals surface area contributed by atoms with Crippen molar-refractivity contribution in [2.24, 2.45) is 5.41 Å². The summed E-state index contributed by atoms with van der Waals surface area (Å²) in [5.41, 5.74) is -0.432. The van der Waals surface area contributed by atoms with Crippen LogP contribution >= 0.6 is 15.9 Å². The van der Waals surface area contributed by atoms with E-state index in [1.54, 1.807) is 10.6 Å². The largest absolute Gasteiger partial charge is 0.477 e. The Morgan fingerprint density at radius 3 is 2.71 bits per heavy atom. The summed E-state index contributed by atoms with van der Waals surface area (Å²) >= 11 is 3.31. The van der Waals surface area contributed by atoms with Crippen LogP contribution in [0.1, 0.15) is 50.4 Å². The summed E-state index contributed by atoms with van der Waals surface area (Å²) in [6.07, 6.45) is 2.89. The molecule has 1 saturated carbocycles. The van der Waals surface area contributed by atoms with Crippen LogP contribution in [-0.4, -0.2) is 26.7 Å². The molecule has 1 amide bonds. The number of nitrogens with zero attached hydrogens (tertiary/aromatic N) is 2. The third kappa shape index (κ3) is 3.07. The van der Waals surface area contributed by atoms with Crippen LogP contribution in [-0.2, 0) is 6.54 Å². The molecule has 2 heterocycles. The lowest BCUT2D eigenvalue weighted by Crippen LogP contribution is -2.48. The van der Waals surface area contributed by atoms with Crippen molar-refractivity contribution >= 4 is 27.5 Å². The van der Waals surface area contributed by atoms with Crippen LogP contribution in [0.2, 0.25) is 0 Å². The molecular formula is C16H22BrN4O3+. The topological polar surface area (TPSA) is 90.5 Å². The first-order valence-electron chi connectivity index (χ1n) is 8.04. The SMILES string of the molecule is CC(C)(C)C[n+]1c(O)c(C(=O)NC2CCC2)c(=O)n2[nH]c(Br)cc21. The Labute approximate surface area is 147 Å². The summed E-state index contributed by atoms with van der Waals surface area (Å²) in [6, 6.07) is 1.80. The summed E-state index contributed by atoms with van der Waals surface area (Å²) in [7, 11) is 0. The lowest BCUT2D eigenvalue weighted by Gasteiger charge is -2.26. The molecular weight excluding hydrogens is 376 g/mol. The van der Waals surface area contributed by atoms with Crippen molar-refractivity contribution in [1.29, 1.82) is 0 Å². The zero-order valence-corrected chi connectivity index (χ0v) is 15.6. The lowest BCUT2D eigenvalue weighted by atomic mass is 9.93. The molecule has 3 N–H and O–H groups in total. The number of hydrogen-bond acceptors (Lipinski definition) is 3. The quantitative estimate of drug-likeness (QED) is 0.688. The van der Waals surface area contributed by atoms with Crippen molar-refractivity contribution in [2.45, 2.75) is 52.6 Å². The molecule has 1 fully saturated rings. The predicted octanol–water partition coefficient (Wildman–Crippen LogP) is 1.71. The minimum atomic E-state index is -0.560. The zero-order valence-electron chi connectivity index (χ0n) is 14.0. The normalized spacial score (nSPS) is 15.5. The van der Waals surface area contributed by atoms with Crippen molar-refractivity contribution in [3.8, 4) is 5.88 Å². The number of hydrogen-bond donors (Lipinski definition) is 3. The second kappa shape index (κ2) is 5.91. The van der Waals surface area contributed by atoms with Gasteiger partial charge in [-0.2, -0.15) is 4.57 Å². The smallest absolute Gasteiger partial charge is 0.378 e. The fourth-order valence-electron chi connectivity index (χ4n) is 2.82. The predicted molar refractivity (Wildman–Crippen MR) is 92.1 cm³/mol. The molecule has 130 valence electrons. The molecule has 2 aromatic rings. The van der Waals surface area contributed by atoms with Gasteiger partial charge in [0.1, 0.15) is 4.60 Å². The number of fused-ring (bicyclic) bond motifs is 1. The van der Waals surface area contributed by atoms with Crippen LogP contribution in [0.4, 0.5) is 0 Å². The highest BCUT2D eigenvalue weighted by Crippen LogP contribution is 2.21. The third-order valence-electron chi connectivity index (χ3n) is 4.18. The van der Waals surface area contributed by atoms with E-state index in [4.69, 9.17) is 0 Å². The number of halogens is 1. The summed E-state index contributed by atoms with van der Waals surface area (Å²) in [6.45, 7) is 6.53. The van der Waals surface area contributed by atoms with Crippen molar-refractivity contribution in [3.63, 3.8) is 0 Å². The fraction of sp³-hybridized carbons (Fsp3) is 0.562. The second-order valence-electron chi connectivity index (χ2n) is 7.55. The van der Waals surface area contributed by atoms with E-state index >= 15 is 0 Å². The van der Waals surface area contributed by atoms with Gasteiger partial charge in [0.2, 0.25) is 5.56 Å². The minimum absolute atomic E-state index is 0.0865. The molecule has 0 aromatic carbocycles. The first kappa shape index (κ1) is 17.0. The fourth-order valence-corrected chi connectivity index (χ4v) is 3.20. The molecule has 0 spiro atoms. The summed E-state index contributed by atoms with van der Waals surface area (Å²) in [5, 5.41) is 16.4. The van der Waals surface area contributed by atoms with Crippen LogP contribution in [0.25, 0.3) is 5.65 Å². The van der Waals surface area contributed by atoms with E-state index in [-0.39, 0.29) is 22.9 Å². The van der Waals surface area contributed by atoms with Gasteiger partial charge in [0.25, 0.3) is 5.91 Å². The molecule has 0 aliphatic heterocycles. The van der Waals surface area contributed by atoms with Crippen LogP contribution in [0, 0.1) is 5.41 Å². The van der Waals surface area contributed by atoms with Gasteiger partial charge in [-0.05, 0) is 40.6 Å². The van der Waals surface area contributed by atoms with E-state index in [0.717, 1.165) is 19.3 Å². The van der Waals surface area contributed by atoms with E-state index in [9.17, 15) is 14.7 Å². The van der Waals surface area contributed by atoms with Crippen molar-refractivity contribution in [3.05, 3.63) is 26.6 Å². The van der Waals surface area contributed by atoms with Gasteiger partial charge in [-0.25, -0.2) is 9.89 Å². The minimum Gasteiger partial charge on any atom is -0.477 e. The molecule has 0 saturated heterocycles. The number of rotatable bonds is 3. The maximum Gasteiger partial charge on any atom is 0.378 e. The maximum atomic E-state index is 12.7. The van der Waals surface area contributed by atoms with E-state index in [1.807, 2.05) is 20.8 Å². The molecule has 7 nitrogen and oxygen atoms in total. The van der Waals surface area contributed by atoms with Gasteiger partial charge in [0, 0.05) is 6.04 Å². The van der Waals surface area contributed by atoms with E-state index in [0.29, 0.717) is 16.8 Å². The van der Waals surface area contributed by atoms with Gasteiger partial charge in [-0.1, -0.05) is 25.3 Å². The number of amides is 1. The molecule has 0 unspecified atom stereocenters. The molecule has 8 heteroatoms. The van der Waals surface area contributed by atoms with Gasteiger partial charge in [-0.3, -0.25) is 4.79 Å². The number of aromatic nitrogens is 3. The van der Waals surface area contributed by atoms with Gasteiger partial charge >= 0.3 is 17.1 Å². The number of H-pyrrole nitrogens is 1. The summed E-state index contributed by atoms with van der Waals surface area (Å²) in [4.78, 5) is 25.2. The first-order chi connectivity index (χ1) is 11.2. The molecule has 3 rings (SSSR count). The molecule has 2 aromatic heterocycles. The number of aromatic amines is 1. The molecule has 0 bridgehead atoms. The van der Waals surface area contributed by atoms with Crippen LogP contribution < -0.4 is 15.4 Å². The average molecular weight is 398 g/mol. The average Bonchev–Trinajstić information content (AvgIpc) is 2.80. The van der Waals surface area contributed by atoms with Crippen molar-refractivity contribution in [1.82, 2.24) is 14.9 Å². The number of aromatic hydroxyl groups is 1. The van der Waals surface area contributed by atoms with Crippen molar-refractivity contribution < 1.29 is 14.5 Å². The first-order valence-corrected chi connectivity index (χ1v) is 8.83. The molecule has 1 aliphatic rings. The third-order valence-corrected chi connectivity index (χ3v) is 4.58.